The second-order valence-corrected chi connectivity index (χ2v) is 6.29. The van der Waals surface area contributed by atoms with Crippen LogP contribution in [0.5, 0.6) is 0 Å². The highest BCUT2D eigenvalue weighted by molar-refractivity contribution is 9.10. The molecule has 0 aliphatic heterocycles. The molecule has 0 saturated carbocycles. The first kappa shape index (κ1) is 14.1. The Morgan fingerprint density at radius 1 is 0.826 bits per heavy atom. The standard InChI is InChI=1S/C20H12BrNO/c21-14-8-9-15-13(11-14)12-18(17-6-2-1-5-16(15)17)20(23)19-7-3-4-10-22-19/h1-12H. The molecule has 0 amide bonds. The fourth-order valence-corrected chi connectivity index (χ4v) is 3.29. The molecule has 0 fully saturated rings. The lowest BCUT2D eigenvalue weighted by molar-refractivity contribution is 0.103. The number of hydrogen-bond acceptors (Lipinski definition) is 2. The maximum atomic E-state index is 12.9. The van der Waals surface area contributed by atoms with Crippen LogP contribution < -0.4 is 0 Å². The van der Waals surface area contributed by atoms with Gasteiger partial charge in [0, 0.05) is 16.2 Å². The second kappa shape index (κ2) is 5.60. The van der Waals surface area contributed by atoms with Crippen LogP contribution in [-0.4, -0.2) is 10.8 Å². The lowest BCUT2D eigenvalue weighted by Gasteiger charge is -2.10. The van der Waals surface area contributed by atoms with Crippen molar-refractivity contribution in [2.45, 2.75) is 0 Å². The van der Waals surface area contributed by atoms with Gasteiger partial charge in [0.2, 0.25) is 5.78 Å². The first-order valence-electron chi connectivity index (χ1n) is 7.31. The number of halogens is 1. The van der Waals surface area contributed by atoms with Crippen LogP contribution >= 0.6 is 15.9 Å². The van der Waals surface area contributed by atoms with Crippen molar-refractivity contribution in [2.75, 3.05) is 0 Å². The SMILES string of the molecule is O=C(c1ccccn1)c1cc2cc(Br)ccc2c2ccccc12. The lowest BCUT2D eigenvalue weighted by Crippen LogP contribution is -2.04. The normalized spacial score (nSPS) is 11.0. The van der Waals surface area contributed by atoms with Gasteiger partial charge in [-0.1, -0.05) is 52.3 Å². The Bertz CT molecular complexity index is 1040. The summed E-state index contributed by atoms with van der Waals surface area (Å²) in [5.41, 5.74) is 1.15. The molecule has 4 aromatic rings. The van der Waals surface area contributed by atoms with Gasteiger partial charge < -0.3 is 0 Å². The van der Waals surface area contributed by atoms with E-state index in [2.05, 4.69) is 33.0 Å². The second-order valence-electron chi connectivity index (χ2n) is 5.38. The number of benzene rings is 3. The first-order chi connectivity index (χ1) is 11.2. The number of rotatable bonds is 2. The molecular weight excluding hydrogens is 350 g/mol. The molecule has 0 bridgehead atoms. The molecule has 0 saturated heterocycles. The van der Waals surface area contributed by atoms with E-state index >= 15 is 0 Å². The number of carbonyl (C=O) groups is 1. The first-order valence-corrected chi connectivity index (χ1v) is 8.10. The third-order valence-corrected chi connectivity index (χ3v) is 4.46. The monoisotopic (exact) mass is 361 g/mol. The van der Waals surface area contributed by atoms with E-state index in [1.54, 1.807) is 12.3 Å². The quantitative estimate of drug-likeness (QED) is 0.354. The average Bonchev–Trinajstić information content (AvgIpc) is 2.61. The third-order valence-electron chi connectivity index (χ3n) is 3.96. The Hall–Kier alpha value is -2.52. The highest BCUT2D eigenvalue weighted by Gasteiger charge is 2.15. The molecule has 0 unspecified atom stereocenters. The van der Waals surface area contributed by atoms with Crippen molar-refractivity contribution in [1.82, 2.24) is 4.98 Å². The van der Waals surface area contributed by atoms with E-state index in [1.807, 2.05) is 48.5 Å². The predicted molar refractivity (Wildman–Crippen MR) is 96.8 cm³/mol. The molecule has 1 heterocycles. The van der Waals surface area contributed by atoms with Gasteiger partial charge in [0.05, 0.1) is 0 Å². The summed E-state index contributed by atoms with van der Waals surface area (Å²) < 4.78 is 0.997. The Morgan fingerprint density at radius 2 is 1.61 bits per heavy atom. The van der Waals surface area contributed by atoms with Crippen LogP contribution in [0.25, 0.3) is 21.5 Å². The van der Waals surface area contributed by atoms with Crippen molar-refractivity contribution in [3.8, 4) is 0 Å². The van der Waals surface area contributed by atoms with Crippen LogP contribution in [0.2, 0.25) is 0 Å². The molecule has 1 aromatic heterocycles. The molecule has 0 atom stereocenters. The zero-order valence-electron chi connectivity index (χ0n) is 12.2. The van der Waals surface area contributed by atoms with Crippen LogP contribution in [0, 0.1) is 0 Å². The summed E-state index contributed by atoms with van der Waals surface area (Å²) >= 11 is 3.51. The average molecular weight is 362 g/mol. The van der Waals surface area contributed by atoms with Crippen LogP contribution in [-0.2, 0) is 0 Å². The van der Waals surface area contributed by atoms with E-state index in [9.17, 15) is 4.79 Å². The number of fused-ring (bicyclic) bond motifs is 3. The maximum absolute atomic E-state index is 12.9. The maximum Gasteiger partial charge on any atom is 0.211 e. The largest absolute Gasteiger partial charge is 0.287 e. The molecule has 0 aliphatic rings. The van der Waals surface area contributed by atoms with E-state index in [-0.39, 0.29) is 5.78 Å². The molecular formula is C20H12BrNO. The van der Waals surface area contributed by atoms with E-state index < -0.39 is 0 Å². The summed E-state index contributed by atoms with van der Waals surface area (Å²) in [4.78, 5) is 17.1. The van der Waals surface area contributed by atoms with Gasteiger partial charge in [0.25, 0.3) is 0 Å². The molecule has 4 rings (SSSR count). The van der Waals surface area contributed by atoms with Crippen LogP contribution in [0.4, 0.5) is 0 Å². The van der Waals surface area contributed by atoms with E-state index in [1.165, 1.54) is 0 Å². The zero-order chi connectivity index (χ0) is 15.8. The number of ketones is 1. The van der Waals surface area contributed by atoms with Crippen molar-refractivity contribution in [3.63, 3.8) is 0 Å². The molecule has 3 heteroatoms. The molecule has 2 nitrogen and oxygen atoms in total. The van der Waals surface area contributed by atoms with Gasteiger partial charge in [-0.25, -0.2) is 0 Å². The van der Waals surface area contributed by atoms with Crippen molar-refractivity contribution < 1.29 is 4.79 Å². The highest BCUT2D eigenvalue weighted by atomic mass is 79.9. The third kappa shape index (κ3) is 2.43. The van der Waals surface area contributed by atoms with Gasteiger partial charge in [0.1, 0.15) is 5.69 Å². The minimum absolute atomic E-state index is 0.0522. The van der Waals surface area contributed by atoms with Crippen molar-refractivity contribution >= 4 is 43.3 Å². The topological polar surface area (TPSA) is 30.0 Å². The van der Waals surface area contributed by atoms with E-state index in [0.29, 0.717) is 11.3 Å². The van der Waals surface area contributed by atoms with Gasteiger partial charge in [-0.2, -0.15) is 0 Å². The molecule has 0 N–H and O–H groups in total. The van der Waals surface area contributed by atoms with Crippen molar-refractivity contribution in [1.29, 1.82) is 0 Å². The van der Waals surface area contributed by atoms with Gasteiger partial charge >= 0.3 is 0 Å². The smallest absolute Gasteiger partial charge is 0.211 e. The summed E-state index contributed by atoms with van der Waals surface area (Å²) in [6.07, 6.45) is 1.65. The fourth-order valence-electron chi connectivity index (χ4n) is 2.91. The Labute approximate surface area is 141 Å². The summed E-state index contributed by atoms with van der Waals surface area (Å²) in [7, 11) is 0. The van der Waals surface area contributed by atoms with Crippen molar-refractivity contribution in [2.24, 2.45) is 0 Å². The van der Waals surface area contributed by atoms with Crippen LogP contribution in [0.15, 0.2) is 77.4 Å². The van der Waals surface area contributed by atoms with Crippen LogP contribution in [0.3, 0.4) is 0 Å². The fraction of sp³-hybridized carbons (Fsp3) is 0. The molecule has 0 spiro atoms. The van der Waals surface area contributed by atoms with E-state index in [0.717, 1.165) is 26.0 Å². The summed E-state index contributed by atoms with van der Waals surface area (Å²) in [6.45, 7) is 0. The number of pyridine rings is 1. The Morgan fingerprint density at radius 3 is 2.39 bits per heavy atom. The lowest BCUT2D eigenvalue weighted by atomic mass is 9.94. The van der Waals surface area contributed by atoms with Gasteiger partial charge in [-0.15, -0.1) is 0 Å². The molecule has 0 aliphatic carbocycles. The summed E-state index contributed by atoms with van der Waals surface area (Å²) in [5, 5.41) is 4.22. The number of aromatic nitrogens is 1. The molecule has 0 radical (unpaired) electrons. The highest BCUT2D eigenvalue weighted by Crippen LogP contribution is 2.31. The molecule has 110 valence electrons. The molecule has 3 aromatic carbocycles. The minimum Gasteiger partial charge on any atom is -0.287 e. The van der Waals surface area contributed by atoms with E-state index in [4.69, 9.17) is 0 Å². The summed E-state index contributed by atoms with van der Waals surface area (Å²) in [6, 6.07) is 21.5. The van der Waals surface area contributed by atoms with Gasteiger partial charge in [0.15, 0.2) is 0 Å². The number of hydrogen-bond donors (Lipinski definition) is 0. The van der Waals surface area contributed by atoms with Crippen LogP contribution in [0.1, 0.15) is 16.1 Å². The Balaban J connectivity index is 2.06. The predicted octanol–water partition coefficient (Wildman–Crippen LogP) is 5.38. The molecule has 23 heavy (non-hydrogen) atoms. The van der Waals surface area contributed by atoms with Gasteiger partial charge in [-0.3, -0.25) is 9.78 Å². The zero-order valence-corrected chi connectivity index (χ0v) is 13.7. The number of carbonyl (C=O) groups excluding carboxylic acids is 1. The summed E-state index contributed by atoms with van der Waals surface area (Å²) in [5.74, 6) is -0.0522. The number of nitrogens with zero attached hydrogens (tertiary/aromatic N) is 1. The Kier molecular flexibility index (Phi) is 3.43. The minimum atomic E-state index is -0.0522. The van der Waals surface area contributed by atoms with Crippen molar-refractivity contribution in [3.05, 3.63) is 88.7 Å². The van der Waals surface area contributed by atoms with Gasteiger partial charge in [-0.05, 0) is 51.9 Å².